The summed E-state index contributed by atoms with van der Waals surface area (Å²) < 4.78 is 113. The van der Waals surface area contributed by atoms with Crippen molar-refractivity contribution in [2.24, 2.45) is 0 Å². The largest absolute Gasteiger partial charge is 0.423 e. The topological polar surface area (TPSA) is 93.1 Å². The van der Waals surface area contributed by atoms with Gasteiger partial charge in [-0.15, -0.1) is 0 Å². The zero-order chi connectivity index (χ0) is 21.2. The van der Waals surface area contributed by atoms with Crippen LogP contribution in [0.4, 0.5) is 35.1 Å². The van der Waals surface area contributed by atoms with E-state index in [0.29, 0.717) is 0 Å². The van der Waals surface area contributed by atoms with Crippen molar-refractivity contribution in [3.05, 3.63) is 25.3 Å². The van der Waals surface area contributed by atoms with Gasteiger partial charge in [0.25, 0.3) is 0 Å². The Morgan fingerprint density at radius 2 is 1.15 bits per heavy atom. The first-order valence-electron chi connectivity index (χ1n) is 6.02. The predicted octanol–water partition coefficient (Wildman–Crippen LogP) is 1.62. The summed E-state index contributed by atoms with van der Waals surface area (Å²) in [5.74, 6) is -30.2. The average Bonchev–Trinajstić information content (AvgIpc) is 2.51. The van der Waals surface area contributed by atoms with Gasteiger partial charge in [0, 0.05) is 12.2 Å². The van der Waals surface area contributed by atoms with E-state index in [2.05, 4.69) is 22.6 Å². The molecule has 0 unspecified atom stereocenters. The lowest BCUT2D eigenvalue weighted by atomic mass is 9.95. The normalized spacial score (nSPS) is 13.8. The van der Waals surface area contributed by atoms with Gasteiger partial charge in [0.1, 0.15) is 6.61 Å². The highest BCUT2D eigenvalue weighted by molar-refractivity contribution is 5.83. The number of aliphatic hydroxyl groups is 2. The molecular weight excluding hydrogens is 392 g/mol. The van der Waals surface area contributed by atoms with Gasteiger partial charge in [-0.2, -0.15) is 35.1 Å². The fourth-order valence-electron chi connectivity index (χ4n) is 1.35. The highest BCUT2D eigenvalue weighted by Crippen LogP contribution is 2.56. The van der Waals surface area contributed by atoms with Crippen molar-refractivity contribution in [3.63, 3.8) is 0 Å². The minimum atomic E-state index is -7.22. The SMILES string of the molecule is C=CC(=O)OC(CO)(OC(=O)C=C)C(F)(F)C(F)(F)C(F)(F)C(O)(F)F. The Balaban J connectivity index is 6.59. The third-order valence-electron chi connectivity index (χ3n) is 2.72. The summed E-state index contributed by atoms with van der Waals surface area (Å²) in [5, 5.41) is 16.7. The van der Waals surface area contributed by atoms with E-state index < -0.39 is 48.2 Å². The van der Waals surface area contributed by atoms with Crippen LogP contribution in [0.3, 0.4) is 0 Å². The first-order chi connectivity index (χ1) is 11.5. The Morgan fingerprint density at radius 1 is 0.808 bits per heavy atom. The number of halogens is 8. The summed E-state index contributed by atoms with van der Waals surface area (Å²) in [6.07, 6.45) is -6.66. The first-order valence-corrected chi connectivity index (χ1v) is 6.02. The molecule has 0 heterocycles. The third-order valence-corrected chi connectivity index (χ3v) is 2.72. The first kappa shape index (κ1) is 23.8. The molecule has 14 heteroatoms. The molecule has 0 aliphatic heterocycles. The molecule has 0 amide bonds. The van der Waals surface area contributed by atoms with E-state index in [1.54, 1.807) is 0 Å². The molecule has 26 heavy (non-hydrogen) atoms. The highest BCUT2D eigenvalue weighted by atomic mass is 19.4. The van der Waals surface area contributed by atoms with Gasteiger partial charge < -0.3 is 19.7 Å². The summed E-state index contributed by atoms with van der Waals surface area (Å²) in [6, 6.07) is 0. The van der Waals surface area contributed by atoms with Gasteiger partial charge in [0.05, 0.1) is 0 Å². The molecule has 2 N–H and O–H groups in total. The number of carbonyl (C=O) groups is 2. The van der Waals surface area contributed by atoms with Crippen molar-refractivity contribution < 1.29 is 64.4 Å². The molecule has 0 saturated carbocycles. The second-order valence-corrected chi connectivity index (χ2v) is 4.43. The number of alkyl halides is 8. The molecule has 0 aromatic heterocycles. The van der Waals surface area contributed by atoms with E-state index in [9.17, 15) is 44.7 Å². The fourth-order valence-corrected chi connectivity index (χ4v) is 1.35. The van der Waals surface area contributed by atoms with Crippen LogP contribution < -0.4 is 0 Å². The van der Waals surface area contributed by atoms with E-state index >= 15 is 0 Å². The minimum Gasteiger partial charge on any atom is -0.411 e. The van der Waals surface area contributed by atoms with Gasteiger partial charge in [-0.05, 0) is 0 Å². The lowest BCUT2D eigenvalue weighted by Gasteiger charge is -2.42. The molecule has 6 nitrogen and oxygen atoms in total. The van der Waals surface area contributed by atoms with Crippen molar-refractivity contribution in [2.45, 2.75) is 29.7 Å². The lowest BCUT2D eigenvalue weighted by molar-refractivity contribution is -0.452. The molecule has 0 aliphatic rings. The smallest absolute Gasteiger partial charge is 0.411 e. The molecular formula is C12H10F8O6. The number of carbonyl (C=O) groups excluding carboxylic acids is 2. The molecule has 0 fully saturated rings. The molecule has 0 radical (unpaired) electrons. The van der Waals surface area contributed by atoms with Gasteiger partial charge in [-0.1, -0.05) is 13.2 Å². The zero-order valence-electron chi connectivity index (χ0n) is 12.3. The highest BCUT2D eigenvalue weighted by Gasteiger charge is 2.87. The van der Waals surface area contributed by atoms with Crippen LogP contribution in [0.1, 0.15) is 0 Å². The maximum atomic E-state index is 14.1. The second kappa shape index (κ2) is 7.19. The van der Waals surface area contributed by atoms with Gasteiger partial charge in [-0.3, -0.25) is 0 Å². The second-order valence-electron chi connectivity index (χ2n) is 4.43. The molecule has 0 aromatic rings. The zero-order valence-corrected chi connectivity index (χ0v) is 12.3. The molecule has 0 aromatic carbocycles. The molecule has 0 spiro atoms. The number of esters is 2. The van der Waals surface area contributed by atoms with E-state index in [-0.39, 0.29) is 12.2 Å². The maximum absolute atomic E-state index is 14.1. The number of ether oxygens (including phenoxy) is 2. The van der Waals surface area contributed by atoms with Gasteiger partial charge in [0.2, 0.25) is 0 Å². The number of rotatable bonds is 9. The van der Waals surface area contributed by atoms with Crippen molar-refractivity contribution >= 4 is 11.9 Å². The van der Waals surface area contributed by atoms with Gasteiger partial charge in [0.15, 0.2) is 0 Å². The van der Waals surface area contributed by atoms with Crippen LogP contribution in [0, 0.1) is 0 Å². The Kier molecular flexibility index (Phi) is 6.57. The standard InChI is InChI=1S/C12H10F8O6/c1-3-6(22)25-8(5-21,26-7(23)4-2)9(13,14)10(15,16)11(17,18)12(19,20)24/h3-4,21,24H,1-2,5H2. The van der Waals surface area contributed by atoms with Crippen LogP contribution in [0.5, 0.6) is 0 Å². The Morgan fingerprint density at radius 3 is 1.38 bits per heavy atom. The van der Waals surface area contributed by atoms with Crippen molar-refractivity contribution in [3.8, 4) is 0 Å². The summed E-state index contributed by atoms with van der Waals surface area (Å²) in [7, 11) is 0. The summed E-state index contributed by atoms with van der Waals surface area (Å²) in [6.45, 7) is 2.73. The van der Waals surface area contributed by atoms with E-state index in [1.807, 2.05) is 0 Å². The Bertz CT molecular complexity index is 561. The van der Waals surface area contributed by atoms with E-state index in [4.69, 9.17) is 10.2 Å². The Hall–Kier alpha value is -2.22. The molecule has 0 rings (SSSR count). The summed E-state index contributed by atoms with van der Waals surface area (Å²) >= 11 is 0. The summed E-state index contributed by atoms with van der Waals surface area (Å²) in [4.78, 5) is 22.1. The van der Waals surface area contributed by atoms with Crippen LogP contribution in [0.15, 0.2) is 25.3 Å². The quantitative estimate of drug-likeness (QED) is 0.264. The van der Waals surface area contributed by atoms with Crippen LogP contribution in [0.2, 0.25) is 0 Å². The molecule has 0 saturated heterocycles. The van der Waals surface area contributed by atoms with Crippen molar-refractivity contribution in [1.82, 2.24) is 0 Å². The van der Waals surface area contributed by atoms with Crippen LogP contribution >= 0.6 is 0 Å². The van der Waals surface area contributed by atoms with E-state index in [1.165, 1.54) is 0 Å². The molecule has 0 atom stereocenters. The molecule has 0 bridgehead atoms. The number of hydrogen-bond acceptors (Lipinski definition) is 6. The lowest BCUT2D eigenvalue weighted by Crippen LogP contribution is -2.72. The minimum absolute atomic E-state index is 0.0131. The monoisotopic (exact) mass is 402 g/mol. The van der Waals surface area contributed by atoms with Crippen LogP contribution in [-0.4, -0.2) is 58.4 Å². The Labute approximate surface area is 139 Å². The van der Waals surface area contributed by atoms with Crippen molar-refractivity contribution in [1.29, 1.82) is 0 Å². The van der Waals surface area contributed by atoms with E-state index in [0.717, 1.165) is 0 Å². The van der Waals surface area contributed by atoms with Crippen molar-refractivity contribution in [2.75, 3.05) is 6.61 Å². The van der Waals surface area contributed by atoms with Gasteiger partial charge in [-0.25, -0.2) is 9.59 Å². The number of aliphatic hydroxyl groups excluding tert-OH is 1. The number of hydrogen-bond donors (Lipinski definition) is 2. The molecule has 150 valence electrons. The fraction of sp³-hybridized carbons (Fsp3) is 0.500. The van der Waals surface area contributed by atoms with Gasteiger partial charge >= 0.3 is 41.6 Å². The van der Waals surface area contributed by atoms with Crippen LogP contribution in [0.25, 0.3) is 0 Å². The third kappa shape index (κ3) is 3.65. The van der Waals surface area contributed by atoms with Crippen LogP contribution in [-0.2, 0) is 19.1 Å². The maximum Gasteiger partial charge on any atom is 0.423 e. The predicted molar refractivity (Wildman–Crippen MR) is 64.4 cm³/mol. The average molecular weight is 402 g/mol. The summed E-state index contributed by atoms with van der Waals surface area (Å²) in [5.41, 5.74) is 0. The molecule has 0 aliphatic carbocycles.